The fraction of sp³-hybridized carbons (Fsp3) is 0.312. The Morgan fingerprint density at radius 1 is 0.957 bits per heavy atom. The Morgan fingerprint density at radius 3 is 2.28 bits per heavy atom. The molecule has 4 aromatic rings. The number of carbonyl (C=O) groups is 4. The molecule has 12 nitrogen and oxygen atoms in total. The van der Waals surface area contributed by atoms with Gasteiger partial charge in [0, 0.05) is 5.56 Å². The zero-order valence-electron chi connectivity index (χ0n) is 26.1. The molecular weight excluding hydrogens is 631 g/mol. The number of carbonyl (C=O) groups excluding carboxylic acids is 4. The number of rotatable bonds is 14. The van der Waals surface area contributed by atoms with Crippen LogP contribution in [0.3, 0.4) is 0 Å². The zero-order chi connectivity index (χ0) is 33.2. The van der Waals surface area contributed by atoms with Gasteiger partial charge in [-0.05, 0) is 63.1 Å². The third kappa shape index (κ3) is 8.31. The van der Waals surface area contributed by atoms with E-state index in [1.165, 1.54) is 11.8 Å². The number of amides is 2. The largest absolute Gasteiger partial charge is 0.497 e. The molecule has 1 atom stereocenters. The molecule has 0 bridgehead atoms. The number of thioether (sulfide) groups is 1. The quantitative estimate of drug-likeness (QED) is 0.137. The first-order valence-electron chi connectivity index (χ1n) is 14.5. The molecule has 2 N–H and O–H groups in total. The Labute approximate surface area is 274 Å². The molecule has 1 unspecified atom stereocenters. The van der Waals surface area contributed by atoms with E-state index in [0.29, 0.717) is 34.4 Å². The van der Waals surface area contributed by atoms with E-state index in [9.17, 15) is 19.2 Å². The van der Waals surface area contributed by atoms with E-state index in [4.69, 9.17) is 14.2 Å². The van der Waals surface area contributed by atoms with Crippen LogP contribution >= 0.6 is 23.1 Å². The lowest BCUT2D eigenvalue weighted by atomic mass is 10.1. The zero-order valence-corrected chi connectivity index (χ0v) is 27.8. The highest BCUT2D eigenvalue weighted by Gasteiger charge is 2.29. The number of methoxy groups -OCH3 is 1. The SMILES string of the molecule is CCOC(=O)c1sc(NC(=O)C(C)Sc2nnc(CNC(=O)c3ccc(OC)cc3)n2Cc2ccccc2)c(C(=O)OCC)c1C. The second-order valence-electron chi connectivity index (χ2n) is 9.83. The van der Waals surface area contributed by atoms with Gasteiger partial charge in [-0.1, -0.05) is 42.1 Å². The predicted octanol–water partition coefficient (Wildman–Crippen LogP) is 5.11. The fourth-order valence-electron chi connectivity index (χ4n) is 4.33. The van der Waals surface area contributed by atoms with E-state index >= 15 is 0 Å². The minimum absolute atomic E-state index is 0.0971. The number of benzene rings is 2. The Bertz CT molecular complexity index is 1690. The van der Waals surface area contributed by atoms with Crippen LogP contribution in [-0.2, 0) is 27.4 Å². The summed E-state index contributed by atoms with van der Waals surface area (Å²) in [6.07, 6.45) is 0. The lowest BCUT2D eigenvalue weighted by Crippen LogP contribution is -2.25. The number of hydrogen-bond donors (Lipinski definition) is 2. The van der Waals surface area contributed by atoms with Crippen molar-refractivity contribution in [2.75, 3.05) is 25.6 Å². The number of nitrogens with one attached hydrogen (secondary N) is 2. The molecule has 0 fully saturated rings. The molecule has 0 spiro atoms. The van der Waals surface area contributed by atoms with E-state index in [1.807, 2.05) is 34.9 Å². The van der Waals surface area contributed by atoms with Gasteiger partial charge in [-0.15, -0.1) is 21.5 Å². The molecule has 0 radical (unpaired) electrons. The summed E-state index contributed by atoms with van der Waals surface area (Å²) in [5.74, 6) is -0.797. The molecular formula is C32H35N5O7S2. The maximum absolute atomic E-state index is 13.4. The second-order valence-corrected chi connectivity index (χ2v) is 12.2. The first kappa shape index (κ1) is 34.2. The average Bonchev–Trinajstić information content (AvgIpc) is 3.59. The predicted molar refractivity (Wildman–Crippen MR) is 175 cm³/mol. The number of hydrogen-bond acceptors (Lipinski definition) is 11. The third-order valence-corrected chi connectivity index (χ3v) is 8.98. The summed E-state index contributed by atoms with van der Waals surface area (Å²) in [5.41, 5.74) is 1.93. The molecule has 4 rings (SSSR count). The minimum atomic E-state index is -0.691. The van der Waals surface area contributed by atoms with Gasteiger partial charge in [0.15, 0.2) is 11.0 Å². The Balaban J connectivity index is 1.54. The summed E-state index contributed by atoms with van der Waals surface area (Å²) in [6.45, 7) is 7.46. The highest BCUT2D eigenvalue weighted by Crippen LogP contribution is 2.35. The van der Waals surface area contributed by atoms with E-state index in [1.54, 1.807) is 59.1 Å². The van der Waals surface area contributed by atoms with Crippen LogP contribution in [0.5, 0.6) is 5.75 Å². The summed E-state index contributed by atoms with van der Waals surface area (Å²) in [7, 11) is 1.56. The van der Waals surface area contributed by atoms with Gasteiger partial charge >= 0.3 is 11.9 Å². The molecule has 2 aromatic carbocycles. The lowest BCUT2D eigenvalue weighted by Gasteiger charge is -2.14. The molecule has 2 amide bonds. The molecule has 14 heteroatoms. The molecule has 242 valence electrons. The van der Waals surface area contributed by atoms with Crippen LogP contribution in [0, 0.1) is 6.92 Å². The van der Waals surface area contributed by atoms with E-state index in [0.717, 1.165) is 16.9 Å². The van der Waals surface area contributed by atoms with Crippen LogP contribution in [0.1, 0.15) is 68.1 Å². The third-order valence-electron chi connectivity index (χ3n) is 6.71. The number of aromatic nitrogens is 3. The van der Waals surface area contributed by atoms with Crippen molar-refractivity contribution in [2.45, 2.75) is 51.2 Å². The number of thiophene rings is 1. The first-order chi connectivity index (χ1) is 22.2. The van der Waals surface area contributed by atoms with Gasteiger partial charge in [0.1, 0.15) is 15.6 Å². The van der Waals surface area contributed by atoms with Crippen LogP contribution in [-0.4, -0.2) is 64.1 Å². The van der Waals surface area contributed by atoms with Crippen molar-refractivity contribution in [1.29, 1.82) is 0 Å². The molecule has 2 heterocycles. The topological polar surface area (TPSA) is 151 Å². The molecule has 0 aliphatic rings. The molecule has 0 aliphatic carbocycles. The summed E-state index contributed by atoms with van der Waals surface area (Å²) in [4.78, 5) is 51.8. The standard InChI is InChI=1S/C32H35N5O7S2/c1-6-43-30(40)25-19(3)26(31(41)44-7-2)46-29(25)34-27(38)20(4)45-32-36-35-24(37(32)18-21-11-9-8-10-12-21)17-33-28(39)22-13-15-23(42-5)16-14-22/h8-16,20H,6-7,17-18H2,1-5H3,(H,33,39)(H,34,38). The van der Waals surface area contributed by atoms with Crippen molar-refractivity contribution in [3.05, 3.63) is 87.6 Å². The van der Waals surface area contributed by atoms with Gasteiger partial charge in [-0.25, -0.2) is 9.59 Å². The van der Waals surface area contributed by atoms with Crippen LogP contribution < -0.4 is 15.4 Å². The van der Waals surface area contributed by atoms with E-state index < -0.39 is 23.1 Å². The number of ether oxygens (including phenoxy) is 3. The monoisotopic (exact) mass is 665 g/mol. The van der Waals surface area contributed by atoms with Gasteiger partial charge in [0.2, 0.25) is 5.91 Å². The maximum Gasteiger partial charge on any atom is 0.348 e. The van der Waals surface area contributed by atoms with Crippen molar-refractivity contribution in [1.82, 2.24) is 20.1 Å². The summed E-state index contributed by atoms with van der Waals surface area (Å²) in [5, 5.41) is 14.3. The Morgan fingerprint density at radius 2 is 1.63 bits per heavy atom. The van der Waals surface area contributed by atoms with Crippen molar-refractivity contribution in [3.8, 4) is 5.75 Å². The maximum atomic E-state index is 13.4. The number of esters is 2. The van der Waals surface area contributed by atoms with Crippen molar-refractivity contribution >= 4 is 51.9 Å². The van der Waals surface area contributed by atoms with Gasteiger partial charge in [0.05, 0.1) is 44.2 Å². The van der Waals surface area contributed by atoms with Gasteiger partial charge in [-0.2, -0.15) is 0 Å². The average molecular weight is 666 g/mol. The van der Waals surface area contributed by atoms with Crippen molar-refractivity contribution < 1.29 is 33.4 Å². The summed E-state index contributed by atoms with van der Waals surface area (Å²) in [6, 6.07) is 16.4. The van der Waals surface area contributed by atoms with Crippen LogP contribution in [0.25, 0.3) is 0 Å². The highest BCUT2D eigenvalue weighted by molar-refractivity contribution is 8.00. The van der Waals surface area contributed by atoms with Gasteiger partial charge in [-0.3, -0.25) is 9.59 Å². The Hall–Kier alpha value is -4.69. The van der Waals surface area contributed by atoms with Crippen LogP contribution in [0.4, 0.5) is 5.00 Å². The first-order valence-corrected chi connectivity index (χ1v) is 16.2. The molecule has 0 saturated carbocycles. The van der Waals surface area contributed by atoms with Crippen LogP contribution in [0.15, 0.2) is 59.8 Å². The summed E-state index contributed by atoms with van der Waals surface area (Å²) >= 11 is 2.13. The van der Waals surface area contributed by atoms with Crippen molar-refractivity contribution in [3.63, 3.8) is 0 Å². The Kier molecular flexibility index (Phi) is 11.9. The molecule has 46 heavy (non-hydrogen) atoms. The molecule has 0 aliphatic heterocycles. The van der Waals surface area contributed by atoms with E-state index in [-0.39, 0.29) is 41.1 Å². The normalized spacial score (nSPS) is 11.4. The number of nitrogens with zero attached hydrogens (tertiary/aromatic N) is 3. The summed E-state index contributed by atoms with van der Waals surface area (Å²) < 4.78 is 17.3. The molecule has 0 saturated heterocycles. The number of anilines is 1. The smallest absolute Gasteiger partial charge is 0.348 e. The van der Waals surface area contributed by atoms with Crippen LogP contribution in [0.2, 0.25) is 0 Å². The van der Waals surface area contributed by atoms with Crippen molar-refractivity contribution in [2.24, 2.45) is 0 Å². The van der Waals surface area contributed by atoms with Gasteiger partial charge < -0.3 is 29.4 Å². The minimum Gasteiger partial charge on any atom is -0.497 e. The second kappa shape index (κ2) is 16.0. The fourth-order valence-corrected chi connectivity index (χ4v) is 6.29. The molecule has 2 aromatic heterocycles. The van der Waals surface area contributed by atoms with Gasteiger partial charge in [0.25, 0.3) is 5.91 Å². The lowest BCUT2D eigenvalue weighted by molar-refractivity contribution is -0.115. The van der Waals surface area contributed by atoms with E-state index in [2.05, 4.69) is 20.8 Å². The highest BCUT2D eigenvalue weighted by atomic mass is 32.2.